The molecule has 0 aromatic carbocycles. The maximum Gasteiger partial charge on any atom is 0.407 e. The van der Waals surface area contributed by atoms with Crippen LogP contribution in [0.4, 0.5) is 4.79 Å². The Balaban J connectivity index is 0.00000784. The molecule has 29 heavy (non-hydrogen) atoms. The molecule has 9 heteroatoms. The van der Waals surface area contributed by atoms with Gasteiger partial charge >= 0.3 is 6.09 Å². The van der Waals surface area contributed by atoms with Gasteiger partial charge in [-0.3, -0.25) is 4.99 Å². The van der Waals surface area contributed by atoms with Crippen molar-refractivity contribution >= 4 is 36.0 Å². The number of carbonyl (C=O) groups excluding carboxylic acids is 1. The Labute approximate surface area is 194 Å². The summed E-state index contributed by atoms with van der Waals surface area (Å²) in [6.07, 6.45) is 2.78. The van der Waals surface area contributed by atoms with Crippen molar-refractivity contribution in [3.05, 3.63) is 0 Å². The Morgan fingerprint density at radius 1 is 0.931 bits per heavy atom. The number of hydrogen-bond acceptors (Lipinski definition) is 5. The number of amides is 1. The molecule has 1 rings (SSSR count). The van der Waals surface area contributed by atoms with Crippen LogP contribution in [-0.2, 0) is 4.74 Å². The molecule has 0 aromatic rings. The van der Waals surface area contributed by atoms with Crippen molar-refractivity contribution < 1.29 is 9.53 Å². The van der Waals surface area contributed by atoms with Crippen LogP contribution in [-0.4, -0.2) is 93.4 Å². The molecule has 1 amide bonds. The van der Waals surface area contributed by atoms with E-state index in [9.17, 15) is 4.79 Å². The summed E-state index contributed by atoms with van der Waals surface area (Å²) in [7, 11) is 1.78. The van der Waals surface area contributed by atoms with Crippen molar-refractivity contribution in [2.24, 2.45) is 4.99 Å². The first kappa shape index (κ1) is 28.2. The molecule has 8 nitrogen and oxygen atoms in total. The number of nitrogens with one attached hydrogen (secondary N) is 3. The van der Waals surface area contributed by atoms with Crippen LogP contribution in [0.5, 0.6) is 0 Å². The Morgan fingerprint density at radius 2 is 1.48 bits per heavy atom. The van der Waals surface area contributed by atoms with Gasteiger partial charge in [0.15, 0.2) is 5.96 Å². The summed E-state index contributed by atoms with van der Waals surface area (Å²) in [5, 5.41) is 9.39. The molecule has 0 aromatic heterocycles. The van der Waals surface area contributed by atoms with Gasteiger partial charge in [-0.05, 0) is 53.1 Å². The summed E-state index contributed by atoms with van der Waals surface area (Å²) >= 11 is 0. The summed E-state index contributed by atoms with van der Waals surface area (Å²) in [5.74, 6) is 0.814. The minimum atomic E-state index is -0.460. The summed E-state index contributed by atoms with van der Waals surface area (Å²) in [4.78, 5) is 20.9. The number of nitrogens with zero attached hydrogens (tertiary/aromatic N) is 3. The number of unbranched alkanes of at least 4 members (excludes halogenated alkanes) is 1. The molecule has 1 fully saturated rings. The maximum atomic E-state index is 11.6. The third-order valence-electron chi connectivity index (χ3n) is 4.64. The fourth-order valence-corrected chi connectivity index (χ4v) is 3.02. The molecule has 0 unspecified atom stereocenters. The summed E-state index contributed by atoms with van der Waals surface area (Å²) < 4.78 is 5.21. The second-order valence-electron chi connectivity index (χ2n) is 8.19. The van der Waals surface area contributed by atoms with Crippen molar-refractivity contribution in [2.75, 3.05) is 66.0 Å². The molecule has 0 spiro atoms. The van der Waals surface area contributed by atoms with Crippen LogP contribution in [0.25, 0.3) is 0 Å². The lowest BCUT2D eigenvalue weighted by Crippen LogP contribution is -2.46. The van der Waals surface area contributed by atoms with Crippen LogP contribution in [0.3, 0.4) is 0 Å². The van der Waals surface area contributed by atoms with E-state index in [1.54, 1.807) is 7.05 Å². The third kappa shape index (κ3) is 14.8. The molecule has 3 N–H and O–H groups in total. The van der Waals surface area contributed by atoms with Crippen LogP contribution in [0, 0.1) is 0 Å². The van der Waals surface area contributed by atoms with Crippen LogP contribution in [0.15, 0.2) is 4.99 Å². The Hall–Kier alpha value is -0.810. The second-order valence-corrected chi connectivity index (χ2v) is 8.19. The van der Waals surface area contributed by atoms with Crippen LogP contribution in [0.2, 0.25) is 0 Å². The predicted octanol–water partition coefficient (Wildman–Crippen LogP) is 2.10. The quantitative estimate of drug-likeness (QED) is 0.175. The van der Waals surface area contributed by atoms with Crippen LogP contribution >= 0.6 is 24.0 Å². The van der Waals surface area contributed by atoms with Gasteiger partial charge in [-0.2, -0.15) is 0 Å². The molecular weight excluding hydrogens is 483 g/mol. The molecule has 1 aliphatic rings. The predicted molar refractivity (Wildman–Crippen MR) is 131 cm³/mol. The summed E-state index contributed by atoms with van der Waals surface area (Å²) in [6, 6.07) is 0. The maximum absolute atomic E-state index is 11.6. The Morgan fingerprint density at radius 3 is 2.03 bits per heavy atom. The van der Waals surface area contributed by atoms with Crippen LogP contribution < -0.4 is 16.0 Å². The number of rotatable bonds is 10. The van der Waals surface area contributed by atoms with Gasteiger partial charge in [0.05, 0.1) is 0 Å². The molecule has 0 aliphatic carbocycles. The number of alkyl carbamates (subject to hydrolysis) is 1. The molecule has 1 saturated heterocycles. The van der Waals surface area contributed by atoms with Crippen molar-refractivity contribution in [2.45, 2.75) is 52.6 Å². The summed E-state index contributed by atoms with van der Waals surface area (Å²) in [5.41, 5.74) is -0.460. The van der Waals surface area contributed by atoms with Gasteiger partial charge in [-0.1, -0.05) is 6.92 Å². The highest BCUT2D eigenvalue weighted by atomic mass is 127. The van der Waals surface area contributed by atoms with Crippen molar-refractivity contribution in [3.63, 3.8) is 0 Å². The number of aliphatic imine (C=N–C) groups is 1. The average molecular weight is 527 g/mol. The lowest BCUT2D eigenvalue weighted by molar-refractivity contribution is 0.0527. The molecular formula is C20H43IN6O2. The molecule has 0 atom stereocenters. The lowest BCUT2D eigenvalue weighted by Gasteiger charge is -2.34. The Kier molecular flexibility index (Phi) is 15.5. The lowest BCUT2D eigenvalue weighted by atomic mass is 10.2. The SMILES string of the molecule is CCN1CCN(CCCCNC(=NC)NCCCNC(=O)OC(C)(C)C)CC1.I. The normalized spacial score (nSPS) is 16.1. The van der Waals surface area contributed by atoms with E-state index in [1.165, 1.54) is 45.7 Å². The van der Waals surface area contributed by atoms with Gasteiger partial charge in [0, 0.05) is 52.9 Å². The molecule has 172 valence electrons. The standard InChI is InChI=1S/C20H42N6O2.HI/c1-6-25-14-16-26(17-15-25)13-8-7-10-22-18(21-5)23-11-9-12-24-19(27)28-20(2,3)4;/h6-17H2,1-5H3,(H,24,27)(H2,21,22,23);1H. The number of carbonyl (C=O) groups is 1. The van der Waals surface area contributed by atoms with Crippen molar-refractivity contribution in [1.29, 1.82) is 0 Å². The van der Waals surface area contributed by atoms with E-state index in [4.69, 9.17) is 4.74 Å². The minimum absolute atomic E-state index is 0. The average Bonchev–Trinajstić information content (AvgIpc) is 2.65. The number of halogens is 1. The van der Waals surface area contributed by atoms with Gasteiger partial charge in [-0.15, -0.1) is 24.0 Å². The van der Waals surface area contributed by atoms with Crippen molar-refractivity contribution in [3.8, 4) is 0 Å². The minimum Gasteiger partial charge on any atom is -0.444 e. The fraction of sp³-hybridized carbons (Fsp3) is 0.900. The zero-order valence-electron chi connectivity index (χ0n) is 19.1. The molecule has 0 bridgehead atoms. The molecule has 1 aliphatic heterocycles. The monoisotopic (exact) mass is 526 g/mol. The number of piperazine rings is 1. The van der Waals surface area contributed by atoms with E-state index in [1.807, 2.05) is 20.8 Å². The first-order valence-corrected chi connectivity index (χ1v) is 10.7. The van der Waals surface area contributed by atoms with E-state index in [2.05, 4.69) is 37.7 Å². The van der Waals surface area contributed by atoms with Crippen LogP contribution in [0.1, 0.15) is 47.0 Å². The molecule has 0 saturated carbocycles. The number of guanidine groups is 1. The highest BCUT2D eigenvalue weighted by Crippen LogP contribution is 2.06. The number of likely N-dealkylation sites (N-methyl/N-ethyl adjacent to an activating group) is 1. The molecule has 0 radical (unpaired) electrons. The van der Waals surface area contributed by atoms with E-state index >= 15 is 0 Å². The van der Waals surface area contributed by atoms with E-state index in [0.717, 1.165) is 31.9 Å². The summed E-state index contributed by atoms with van der Waals surface area (Å²) in [6.45, 7) is 17.2. The first-order valence-electron chi connectivity index (χ1n) is 10.7. The van der Waals surface area contributed by atoms with E-state index in [-0.39, 0.29) is 30.1 Å². The smallest absolute Gasteiger partial charge is 0.407 e. The highest BCUT2D eigenvalue weighted by molar-refractivity contribution is 14.0. The first-order chi connectivity index (χ1) is 13.3. The topological polar surface area (TPSA) is 81.2 Å². The Bertz CT molecular complexity index is 462. The zero-order chi connectivity index (χ0) is 20.8. The number of ether oxygens (including phenoxy) is 1. The van der Waals surface area contributed by atoms with E-state index < -0.39 is 5.60 Å². The molecule has 1 heterocycles. The van der Waals surface area contributed by atoms with Gasteiger partial charge < -0.3 is 30.5 Å². The second kappa shape index (κ2) is 16.0. The highest BCUT2D eigenvalue weighted by Gasteiger charge is 2.15. The van der Waals surface area contributed by atoms with E-state index in [0.29, 0.717) is 6.54 Å². The van der Waals surface area contributed by atoms with Gasteiger partial charge in [0.1, 0.15) is 5.60 Å². The fourth-order valence-electron chi connectivity index (χ4n) is 3.02. The van der Waals surface area contributed by atoms with Gasteiger partial charge in [0.25, 0.3) is 0 Å². The zero-order valence-corrected chi connectivity index (χ0v) is 21.4. The number of hydrogen-bond donors (Lipinski definition) is 3. The third-order valence-corrected chi connectivity index (χ3v) is 4.64. The largest absolute Gasteiger partial charge is 0.444 e. The van der Waals surface area contributed by atoms with Gasteiger partial charge in [0.2, 0.25) is 0 Å². The van der Waals surface area contributed by atoms with Gasteiger partial charge in [-0.25, -0.2) is 4.79 Å². The van der Waals surface area contributed by atoms with Crippen molar-refractivity contribution in [1.82, 2.24) is 25.8 Å².